The zero-order valence-electron chi connectivity index (χ0n) is 20.1. The number of carbonyl (C=O) groups excluding carboxylic acids is 1. The topological polar surface area (TPSA) is 75.7 Å². The summed E-state index contributed by atoms with van der Waals surface area (Å²) in [5.41, 5.74) is 3.63. The van der Waals surface area contributed by atoms with Crippen molar-refractivity contribution in [2.75, 3.05) is 17.5 Å². The zero-order chi connectivity index (χ0) is 24.7. The van der Waals surface area contributed by atoms with Crippen LogP contribution in [0.3, 0.4) is 0 Å². The first-order valence-electron chi connectivity index (χ1n) is 11.4. The fraction of sp³-hybridized carbons (Fsp3) is 0.296. The van der Waals surface area contributed by atoms with Gasteiger partial charge in [0.25, 0.3) is 10.0 Å². The van der Waals surface area contributed by atoms with E-state index in [1.54, 1.807) is 42.5 Å². The van der Waals surface area contributed by atoms with Crippen LogP contribution in [0, 0.1) is 13.8 Å². The second-order valence-corrected chi connectivity index (χ2v) is 9.96. The minimum absolute atomic E-state index is 0.107. The number of nitrogens with zero attached hydrogens (tertiary/aromatic N) is 1. The van der Waals surface area contributed by atoms with Crippen molar-refractivity contribution in [1.29, 1.82) is 0 Å². The highest BCUT2D eigenvalue weighted by atomic mass is 32.2. The van der Waals surface area contributed by atoms with Gasteiger partial charge in [-0.05, 0) is 68.1 Å². The summed E-state index contributed by atoms with van der Waals surface area (Å²) in [4.78, 5) is 13.3. The van der Waals surface area contributed by atoms with Crippen molar-refractivity contribution in [2.24, 2.45) is 0 Å². The lowest BCUT2D eigenvalue weighted by atomic mass is 9.99. The molecule has 0 aliphatic carbocycles. The maximum Gasteiger partial charge on any atom is 0.264 e. The van der Waals surface area contributed by atoms with Crippen molar-refractivity contribution < 1.29 is 17.9 Å². The lowest BCUT2D eigenvalue weighted by Gasteiger charge is -2.27. The number of sulfonamides is 1. The van der Waals surface area contributed by atoms with E-state index in [1.807, 2.05) is 39.8 Å². The predicted molar refractivity (Wildman–Crippen MR) is 136 cm³/mol. The molecule has 1 unspecified atom stereocenters. The highest BCUT2D eigenvalue weighted by Crippen LogP contribution is 2.32. The molecule has 0 aromatic heterocycles. The van der Waals surface area contributed by atoms with Crippen LogP contribution in [0.5, 0.6) is 5.75 Å². The molecule has 3 rings (SSSR count). The molecule has 0 aliphatic heterocycles. The maximum atomic E-state index is 13.6. The molecule has 0 fully saturated rings. The molecule has 0 radical (unpaired) electrons. The third-order valence-corrected chi connectivity index (χ3v) is 7.50. The monoisotopic (exact) mass is 480 g/mol. The van der Waals surface area contributed by atoms with Gasteiger partial charge in [0.1, 0.15) is 12.3 Å². The van der Waals surface area contributed by atoms with Crippen LogP contribution in [0.25, 0.3) is 0 Å². The van der Waals surface area contributed by atoms with E-state index < -0.39 is 15.9 Å². The van der Waals surface area contributed by atoms with E-state index >= 15 is 0 Å². The van der Waals surface area contributed by atoms with Crippen LogP contribution in [0.4, 0.5) is 5.69 Å². The molecule has 34 heavy (non-hydrogen) atoms. The van der Waals surface area contributed by atoms with Gasteiger partial charge < -0.3 is 10.1 Å². The van der Waals surface area contributed by atoms with Crippen molar-refractivity contribution in [3.05, 3.63) is 89.5 Å². The minimum atomic E-state index is -4.02. The quantitative estimate of drug-likeness (QED) is 0.435. The van der Waals surface area contributed by atoms with Gasteiger partial charge in [-0.2, -0.15) is 0 Å². The molecule has 7 heteroatoms. The summed E-state index contributed by atoms with van der Waals surface area (Å²) >= 11 is 0. The van der Waals surface area contributed by atoms with E-state index in [0.29, 0.717) is 24.5 Å². The van der Waals surface area contributed by atoms with Gasteiger partial charge >= 0.3 is 0 Å². The van der Waals surface area contributed by atoms with Crippen LogP contribution < -0.4 is 14.4 Å². The zero-order valence-corrected chi connectivity index (χ0v) is 20.9. The van der Waals surface area contributed by atoms with E-state index in [1.165, 1.54) is 17.7 Å². The molecule has 0 heterocycles. The third kappa shape index (κ3) is 5.78. The molecule has 1 amide bonds. The van der Waals surface area contributed by atoms with E-state index in [4.69, 9.17) is 4.74 Å². The molecule has 0 saturated carbocycles. The summed E-state index contributed by atoms with van der Waals surface area (Å²) in [6.07, 6.45) is 0.676. The number of carbonyl (C=O) groups is 1. The number of anilines is 1. The van der Waals surface area contributed by atoms with Gasteiger partial charge in [0.15, 0.2) is 0 Å². The number of rotatable bonds is 10. The van der Waals surface area contributed by atoms with Crippen molar-refractivity contribution in [2.45, 2.75) is 45.1 Å². The van der Waals surface area contributed by atoms with Gasteiger partial charge in [-0.3, -0.25) is 9.10 Å². The van der Waals surface area contributed by atoms with Gasteiger partial charge in [0, 0.05) is 0 Å². The fourth-order valence-corrected chi connectivity index (χ4v) is 5.19. The number of nitrogens with one attached hydrogen (secondary N) is 1. The fourth-order valence-electron chi connectivity index (χ4n) is 3.73. The first-order chi connectivity index (χ1) is 16.3. The second kappa shape index (κ2) is 11.2. The Hall–Kier alpha value is -3.32. The number of hydrogen-bond acceptors (Lipinski definition) is 4. The Kier molecular flexibility index (Phi) is 8.34. The highest BCUT2D eigenvalue weighted by molar-refractivity contribution is 7.92. The summed E-state index contributed by atoms with van der Waals surface area (Å²) in [5.74, 6) is 0.00870. The van der Waals surface area contributed by atoms with Crippen LogP contribution >= 0.6 is 0 Å². The van der Waals surface area contributed by atoms with E-state index in [0.717, 1.165) is 15.4 Å². The van der Waals surface area contributed by atoms with Gasteiger partial charge in [0.2, 0.25) is 5.91 Å². The van der Waals surface area contributed by atoms with Crippen LogP contribution in [0.15, 0.2) is 77.7 Å². The van der Waals surface area contributed by atoms with Crippen molar-refractivity contribution in [3.63, 3.8) is 0 Å². The van der Waals surface area contributed by atoms with Crippen molar-refractivity contribution in [1.82, 2.24) is 5.32 Å². The van der Waals surface area contributed by atoms with Crippen molar-refractivity contribution >= 4 is 21.6 Å². The average Bonchev–Trinajstić information content (AvgIpc) is 2.84. The Labute approximate surface area is 202 Å². The van der Waals surface area contributed by atoms with Gasteiger partial charge in [-0.15, -0.1) is 0 Å². The smallest absolute Gasteiger partial charge is 0.264 e. The number of aryl methyl sites for hydroxylation is 2. The Balaban J connectivity index is 1.95. The molecule has 0 saturated heterocycles. The largest absolute Gasteiger partial charge is 0.492 e. The third-order valence-electron chi connectivity index (χ3n) is 5.73. The van der Waals surface area contributed by atoms with E-state index in [9.17, 15) is 13.2 Å². The molecular formula is C27H32N2O4S. The highest BCUT2D eigenvalue weighted by Gasteiger charge is 2.30. The SMILES string of the molecule is CCOc1ccccc1N(CC(=O)NC(CC)c1ccc(C)c(C)c1)S(=O)(=O)c1ccccc1. The number of hydrogen-bond donors (Lipinski definition) is 1. The Morgan fingerprint density at radius 2 is 1.62 bits per heavy atom. The molecule has 6 nitrogen and oxygen atoms in total. The molecule has 0 bridgehead atoms. The Morgan fingerprint density at radius 3 is 2.26 bits per heavy atom. The van der Waals surface area contributed by atoms with E-state index in [2.05, 4.69) is 11.4 Å². The first kappa shape index (κ1) is 25.3. The van der Waals surface area contributed by atoms with Gasteiger partial charge in [-0.1, -0.05) is 55.5 Å². The van der Waals surface area contributed by atoms with Crippen LogP contribution in [-0.4, -0.2) is 27.5 Å². The van der Waals surface area contributed by atoms with Gasteiger partial charge in [0.05, 0.1) is 23.2 Å². The molecule has 1 N–H and O–H groups in total. The van der Waals surface area contributed by atoms with Crippen molar-refractivity contribution in [3.8, 4) is 5.75 Å². The lowest BCUT2D eigenvalue weighted by Crippen LogP contribution is -2.42. The van der Waals surface area contributed by atoms with Gasteiger partial charge in [-0.25, -0.2) is 8.42 Å². The van der Waals surface area contributed by atoms with Crippen LogP contribution in [0.2, 0.25) is 0 Å². The maximum absolute atomic E-state index is 13.6. The van der Waals surface area contributed by atoms with Crippen LogP contribution in [0.1, 0.15) is 43.0 Å². The van der Waals surface area contributed by atoms with Crippen LogP contribution in [-0.2, 0) is 14.8 Å². The predicted octanol–water partition coefficient (Wildman–Crippen LogP) is 5.16. The second-order valence-electron chi connectivity index (χ2n) is 8.10. The summed E-state index contributed by atoms with van der Waals surface area (Å²) in [5, 5.41) is 3.02. The number of amides is 1. The molecule has 0 aliphatic rings. The molecular weight excluding hydrogens is 448 g/mol. The standard InChI is InChI=1S/C27H32N2O4S/c1-5-24(22-17-16-20(3)21(4)18-22)28-27(30)19-29(25-14-10-11-15-26(25)33-6-2)34(31,32)23-12-8-7-9-13-23/h7-18,24H,5-6,19H2,1-4H3,(H,28,30). The molecule has 1 atom stereocenters. The summed E-state index contributed by atoms with van der Waals surface area (Å²) in [6, 6.07) is 20.8. The van der Waals surface area contributed by atoms with E-state index in [-0.39, 0.29) is 17.5 Å². The summed E-state index contributed by atoms with van der Waals surface area (Å²) in [6.45, 7) is 7.89. The minimum Gasteiger partial charge on any atom is -0.492 e. The summed E-state index contributed by atoms with van der Waals surface area (Å²) in [7, 11) is -4.02. The first-order valence-corrected chi connectivity index (χ1v) is 12.9. The molecule has 0 spiro atoms. The number of ether oxygens (including phenoxy) is 1. The normalized spacial score (nSPS) is 12.1. The Bertz CT molecular complexity index is 1230. The number of para-hydroxylation sites is 2. The molecule has 180 valence electrons. The molecule has 3 aromatic rings. The summed E-state index contributed by atoms with van der Waals surface area (Å²) < 4.78 is 34.1. The Morgan fingerprint density at radius 1 is 0.941 bits per heavy atom. The lowest BCUT2D eigenvalue weighted by molar-refractivity contribution is -0.120. The molecule has 3 aromatic carbocycles. The average molecular weight is 481 g/mol. The number of benzene rings is 3.